The van der Waals surface area contributed by atoms with Gasteiger partial charge in [0.15, 0.2) is 6.61 Å². The first-order valence-electron chi connectivity index (χ1n) is 10.0. The van der Waals surface area contributed by atoms with E-state index in [1.54, 1.807) is 19.2 Å². The van der Waals surface area contributed by atoms with Crippen LogP contribution in [0.3, 0.4) is 0 Å². The molecule has 168 valence electrons. The molecule has 0 saturated carbocycles. The van der Waals surface area contributed by atoms with Crippen LogP contribution in [0, 0.1) is 0 Å². The Bertz CT molecular complexity index is 1150. The van der Waals surface area contributed by atoms with Crippen LogP contribution in [0.4, 0.5) is 0 Å². The Balaban J connectivity index is 1.55. The molecule has 0 aliphatic rings. The molecule has 1 N–H and O–H groups in total. The van der Waals surface area contributed by atoms with Crippen LogP contribution < -0.4 is 10.1 Å². The van der Waals surface area contributed by atoms with Crippen molar-refractivity contribution in [2.24, 2.45) is 0 Å². The quantitative estimate of drug-likeness (QED) is 0.453. The number of halogens is 1. The highest BCUT2D eigenvalue weighted by Crippen LogP contribution is 2.21. The molecule has 1 atom stereocenters. The molecule has 0 unspecified atom stereocenters. The largest absolute Gasteiger partial charge is 0.484 e. The molecule has 0 fully saturated rings. The van der Waals surface area contributed by atoms with Crippen LogP contribution in [0.2, 0.25) is 0 Å². The van der Waals surface area contributed by atoms with Crippen molar-refractivity contribution in [2.75, 3.05) is 13.7 Å². The van der Waals surface area contributed by atoms with Crippen molar-refractivity contribution >= 4 is 31.9 Å². The van der Waals surface area contributed by atoms with Gasteiger partial charge in [-0.1, -0.05) is 58.4 Å². The SMILES string of the molecule is C[C@H](NC(=O)COc1ccc(S(=O)(=O)N(C)Cc2ccccc2)cc1)c1cccc(Br)c1. The van der Waals surface area contributed by atoms with Crippen LogP contribution in [-0.4, -0.2) is 32.3 Å². The number of carbonyl (C=O) groups excluding carboxylic acids is 1. The Morgan fingerprint density at radius 3 is 2.38 bits per heavy atom. The van der Waals surface area contributed by atoms with Crippen LogP contribution in [0.5, 0.6) is 5.75 Å². The van der Waals surface area contributed by atoms with E-state index in [4.69, 9.17) is 4.74 Å². The van der Waals surface area contributed by atoms with Crippen molar-refractivity contribution < 1.29 is 17.9 Å². The van der Waals surface area contributed by atoms with E-state index >= 15 is 0 Å². The van der Waals surface area contributed by atoms with Crippen molar-refractivity contribution in [3.05, 3.63) is 94.5 Å². The average Bonchev–Trinajstić information content (AvgIpc) is 2.78. The van der Waals surface area contributed by atoms with Gasteiger partial charge in [-0.2, -0.15) is 4.31 Å². The number of hydrogen-bond donors (Lipinski definition) is 1. The first-order chi connectivity index (χ1) is 15.3. The lowest BCUT2D eigenvalue weighted by atomic mass is 10.1. The smallest absolute Gasteiger partial charge is 0.258 e. The van der Waals surface area contributed by atoms with E-state index in [0.717, 1.165) is 15.6 Å². The number of sulfonamides is 1. The number of rotatable bonds is 9. The third kappa shape index (κ3) is 6.41. The maximum Gasteiger partial charge on any atom is 0.258 e. The number of nitrogens with one attached hydrogen (secondary N) is 1. The zero-order chi connectivity index (χ0) is 23.1. The summed E-state index contributed by atoms with van der Waals surface area (Å²) < 4.78 is 33.4. The van der Waals surface area contributed by atoms with Crippen LogP contribution >= 0.6 is 15.9 Å². The molecule has 8 heteroatoms. The molecule has 0 aliphatic carbocycles. The molecule has 3 aromatic carbocycles. The maximum absolute atomic E-state index is 12.8. The fourth-order valence-corrected chi connectivity index (χ4v) is 4.68. The lowest BCUT2D eigenvalue weighted by Crippen LogP contribution is -2.31. The number of nitrogens with zero attached hydrogens (tertiary/aromatic N) is 1. The van der Waals surface area contributed by atoms with Crippen molar-refractivity contribution in [3.8, 4) is 5.75 Å². The van der Waals surface area contributed by atoms with Gasteiger partial charge in [-0.15, -0.1) is 0 Å². The molecular formula is C24H25BrN2O4S. The molecule has 3 aromatic rings. The Morgan fingerprint density at radius 2 is 1.72 bits per heavy atom. The Hall–Kier alpha value is -2.68. The second-order valence-corrected chi connectivity index (χ2v) is 10.3. The van der Waals surface area contributed by atoms with E-state index in [9.17, 15) is 13.2 Å². The molecule has 32 heavy (non-hydrogen) atoms. The van der Waals surface area contributed by atoms with Crippen molar-refractivity contribution in [2.45, 2.75) is 24.4 Å². The predicted octanol–water partition coefficient (Wildman–Crippen LogP) is 4.53. The lowest BCUT2D eigenvalue weighted by molar-refractivity contribution is -0.123. The molecule has 0 aliphatic heterocycles. The van der Waals surface area contributed by atoms with Gasteiger partial charge in [0, 0.05) is 18.1 Å². The van der Waals surface area contributed by atoms with Crippen molar-refractivity contribution in [1.29, 1.82) is 0 Å². The standard InChI is InChI=1S/C24H25BrN2O4S/c1-18(20-9-6-10-21(25)15-20)26-24(28)17-31-22-11-13-23(14-12-22)32(29,30)27(2)16-19-7-4-3-5-8-19/h3-15,18H,16-17H2,1-2H3,(H,26,28)/t18-/m0/s1. The second-order valence-electron chi connectivity index (χ2n) is 7.35. The molecule has 0 radical (unpaired) electrons. The van der Waals surface area contributed by atoms with E-state index in [-0.39, 0.29) is 30.0 Å². The van der Waals surface area contributed by atoms with Gasteiger partial charge in [0.25, 0.3) is 5.91 Å². The normalized spacial score (nSPS) is 12.4. The summed E-state index contributed by atoms with van der Waals surface area (Å²) >= 11 is 3.42. The molecule has 0 saturated heterocycles. The summed E-state index contributed by atoms with van der Waals surface area (Å²) in [6.45, 7) is 2.00. The monoisotopic (exact) mass is 516 g/mol. The zero-order valence-electron chi connectivity index (χ0n) is 17.9. The van der Waals surface area contributed by atoms with Gasteiger partial charge >= 0.3 is 0 Å². The van der Waals surface area contributed by atoms with Crippen LogP contribution in [0.25, 0.3) is 0 Å². The van der Waals surface area contributed by atoms with E-state index in [1.807, 2.05) is 61.5 Å². The highest BCUT2D eigenvalue weighted by Gasteiger charge is 2.21. The van der Waals surface area contributed by atoms with Crippen LogP contribution in [0.1, 0.15) is 24.1 Å². The molecule has 0 aromatic heterocycles. The number of hydrogen-bond acceptors (Lipinski definition) is 4. The van der Waals surface area contributed by atoms with E-state index < -0.39 is 10.0 Å². The maximum atomic E-state index is 12.8. The first kappa shape index (κ1) is 24.0. The molecule has 6 nitrogen and oxygen atoms in total. The van der Waals surface area contributed by atoms with E-state index in [0.29, 0.717) is 5.75 Å². The zero-order valence-corrected chi connectivity index (χ0v) is 20.3. The second kappa shape index (κ2) is 10.8. The minimum Gasteiger partial charge on any atom is -0.484 e. The summed E-state index contributed by atoms with van der Waals surface area (Å²) in [5.74, 6) is 0.150. The molecular weight excluding hydrogens is 492 g/mol. The summed E-state index contributed by atoms with van der Waals surface area (Å²) in [7, 11) is -2.10. The van der Waals surface area contributed by atoms with Crippen LogP contribution in [-0.2, 0) is 21.4 Å². The number of benzene rings is 3. The molecule has 0 bridgehead atoms. The summed E-state index contributed by atoms with van der Waals surface area (Å²) in [6.07, 6.45) is 0. The fourth-order valence-electron chi connectivity index (χ4n) is 3.10. The number of carbonyl (C=O) groups is 1. The van der Waals surface area contributed by atoms with Gasteiger partial charge in [0.2, 0.25) is 10.0 Å². The topological polar surface area (TPSA) is 75.7 Å². The Morgan fingerprint density at radius 1 is 1.03 bits per heavy atom. The Kier molecular flexibility index (Phi) is 8.06. The highest BCUT2D eigenvalue weighted by molar-refractivity contribution is 9.10. The molecule has 0 heterocycles. The van der Waals surface area contributed by atoms with Gasteiger partial charge in [0.05, 0.1) is 10.9 Å². The predicted molar refractivity (Wildman–Crippen MR) is 128 cm³/mol. The molecule has 3 rings (SSSR count). The summed E-state index contributed by atoms with van der Waals surface area (Å²) in [4.78, 5) is 12.4. The fraction of sp³-hybridized carbons (Fsp3) is 0.208. The summed E-state index contributed by atoms with van der Waals surface area (Å²) in [5.41, 5.74) is 1.88. The van der Waals surface area contributed by atoms with Crippen molar-refractivity contribution in [1.82, 2.24) is 9.62 Å². The number of ether oxygens (including phenoxy) is 1. The van der Waals surface area contributed by atoms with Gasteiger partial charge in [0.1, 0.15) is 5.75 Å². The molecule has 1 amide bonds. The van der Waals surface area contributed by atoms with Gasteiger partial charge in [-0.3, -0.25) is 4.79 Å². The summed E-state index contributed by atoms with van der Waals surface area (Å²) in [6, 6.07) is 23.0. The van der Waals surface area contributed by atoms with E-state index in [1.165, 1.54) is 16.4 Å². The Labute approximate surface area is 197 Å². The van der Waals surface area contributed by atoms with Gasteiger partial charge in [-0.25, -0.2) is 8.42 Å². The highest BCUT2D eigenvalue weighted by atomic mass is 79.9. The van der Waals surface area contributed by atoms with Gasteiger partial charge < -0.3 is 10.1 Å². The number of amides is 1. The van der Waals surface area contributed by atoms with E-state index in [2.05, 4.69) is 21.2 Å². The first-order valence-corrected chi connectivity index (χ1v) is 12.3. The van der Waals surface area contributed by atoms with Crippen molar-refractivity contribution in [3.63, 3.8) is 0 Å². The molecule has 0 spiro atoms. The lowest BCUT2D eigenvalue weighted by Gasteiger charge is -2.18. The summed E-state index contributed by atoms with van der Waals surface area (Å²) in [5, 5.41) is 2.88. The van der Waals surface area contributed by atoms with Crippen LogP contribution in [0.15, 0.2) is 88.2 Å². The van der Waals surface area contributed by atoms with Gasteiger partial charge in [-0.05, 0) is 54.4 Å². The minimum absolute atomic E-state index is 0.163. The third-order valence-electron chi connectivity index (χ3n) is 4.88. The third-order valence-corrected chi connectivity index (χ3v) is 7.19. The minimum atomic E-state index is -3.64. The average molecular weight is 517 g/mol.